The quantitative estimate of drug-likeness (QED) is 0.790. The Hall–Kier alpha value is -1.73. The summed E-state index contributed by atoms with van der Waals surface area (Å²) in [5.41, 5.74) is 0.751. The normalized spacial score (nSPS) is 18.9. The fraction of sp³-hybridized carbons (Fsp3) is 0.500. The number of hydrogen-bond acceptors (Lipinski definition) is 5. The lowest BCUT2D eigenvalue weighted by Gasteiger charge is -2.28. The van der Waals surface area contributed by atoms with E-state index in [0.29, 0.717) is 17.6 Å². The number of fused-ring (bicyclic) bond motifs is 1. The van der Waals surface area contributed by atoms with E-state index < -0.39 is 16.4 Å². The highest BCUT2D eigenvalue weighted by molar-refractivity contribution is 7.85. The summed E-state index contributed by atoms with van der Waals surface area (Å²) in [4.78, 5) is 22.7. The largest absolute Gasteiger partial charge is 0.444 e. The monoisotopic (exact) mass is 395 g/mol. The van der Waals surface area contributed by atoms with Gasteiger partial charge in [-0.15, -0.1) is 0 Å². The van der Waals surface area contributed by atoms with Crippen LogP contribution in [0.5, 0.6) is 0 Å². The minimum absolute atomic E-state index is 0.142. The van der Waals surface area contributed by atoms with Crippen LogP contribution in [-0.2, 0) is 15.5 Å². The number of hydrogen-bond donors (Lipinski definition) is 0. The molecule has 1 aromatic carbocycles. The van der Waals surface area contributed by atoms with Gasteiger partial charge in [0.2, 0.25) is 0 Å². The van der Waals surface area contributed by atoms with Crippen LogP contribution in [0.2, 0.25) is 5.15 Å². The van der Waals surface area contributed by atoms with Crippen LogP contribution in [-0.4, -0.2) is 49.1 Å². The van der Waals surface area contributed by atoms with Crippen molar-refractivity contribution in [1.82, 2.24) is 14.9 Å². The number of ether oxygens (including phenoxy) is 1. The Morgan fingerprint density at radius 1 is 1.31 bits per heavy atom. The average Bonchev–Trinajstić information content (AvgIpc) is 3.00. The van der Waals surface area contributed by atoms with Crippen LogP contribution in [0.15, 0.2) is 29.3 Å². The molecule has 0 aliphatic carbocycles. The Morgan fingerprint density at radius 2 is 1.96 bits per heavy atom. The van der Waals surface area contributed by atoms with E-state index in [9.17, 15) is 9.00 Å². The van der Waals surface area contributed by atoms with Crippen molar-refractivity contribution in [3.63, 3.8) is 0 Å². The Kier molecular flexibility index (Phi) is 5.48. The van der Waals surface area contributed by atoms with E-state index in [0.717, 1.165) is 12.8 Å². The molecule has 0 saturated carbocycles. The highest BCUT2D eigenvalue weighted by Gasteiger charge is 2.34. The summed E-state index contributed by atoms with van der Waals surface area (Å²) in [6.45, 7) is 6.10. The molecule has 0 radical (unpaired) electrons. The summed E-state index contributed by atoms with van der Waals surface area (Å²) in [5.74, 6) is 0.270. The average molecular weight is 396 g/mol. The molecule has 2 aromatic rings. The summed E-state index contributed by atoms with van der Waals surface area (Å²) < 4.78 is 18.3. The molecule has 1 aliphatic rings. The van der Waals surface area contributed by atoms with Crippen molar-refractivity contribution in [2.24, 2.45) is 0 Å². The molecular formula is C18H22ClN3O3S. The van der Waals surface area contributed by atoms with Gasteiger partial charge in [0.25, 0.3) is 0 Å². The summed E-state index contributed by atoms with van der Waals surface area (Å²) in [7, 11) is -1.46. The number of halogens is 1. The molecule has 8 heteroatoms. The van der Waals surface area contributed by atoms with Crippen LogP contribution in [0.3, 0.4) is 0 Å². The number of nitrogens with zero attached hydrogens (tertiary/aromatic N) is 3. The van der Waals surface area contributed by atoms with Crippen molar-refractivity contribution in [1.29, 1.82) is 0 Å². The van der Waals surface area contributed by atoms with Crippen molar-refractivity contribution in [3.05, 3.63) is 29.4 Å². The molecule has 1 fully saturated rings. The number of carbonyl (C=O) groups excluding carboxylic acids is 1. The topological polar surface area (TPSA) is 72.4 Å². The molecule has 1 aromatic heterocycles. The van der Waals surface area contributed by atoms with Crippen molar-refractivity contribution in [3.8, 4) is 0 Å². The predicted molar refractivity (Wildman–Crippen MR) is 102 cm³/mol. The van der Waals surface area contributed by atoms with E-state index >= 15 is 0 Å². The number of rotatable bonds is 3. The number of benzene rings is 1. The van der Waals surface area contributed by atoms with Gasteiger partial charge in [-0.2, -0.15) is 0 Å². The summed E-state index contributed by atoms with van der Waals surface area (Å²) in [6, 6.07) is 7.15. The lowest BCUT2D eigenvalue weighted by atomic mass is 10.2. The standard InChI is InChI=1S/C18H22ClN3O3S/c1-18(2,3)25-17(23)22-10-6-7-12(22)11-26(24)16-15(19)20-13-8-4-5-9-14(13)21-16/h4-5,8-9,12H,6-7,10-11H2,1-3H3. The highest BCUT2D eigenvalue weighted by atomic mass is 35.5. The molecule has 26 heavy (non-hydrogen) atoms. The second-order valence-corrected chi connectivity index (χ2v) is 9.06. The third-order valence-electron chi connectivity index (χ3n) is 4.06. The number of para-hydroxylation sites is 2. The molecule has 2 atom stereocenters. The first-order valence-electron chi connectivity index (χ1n) is 8.55. The highest BCUT2D eigenvalue weighted by Crippen LogP contribution is 2.25. The van der Waals surface area contributed by atoms with E-state index in [1.54, 1.807) is 4.90 Å². The fourth-order valence-electron chi connectivity index (χ4n) is 2.93. The number of amides is 1. The van der Waals surface area contributed by atoms with E-state index in [-0.39, 0.29) is 28.1 Å². The maximum atomic E-state index is 12.9. The minimum atomic E-state index is -1.46. The Morgan fingerprint density at radius 3 is 2.62 bits per heavy atom. The first kappa shape index (κ1) is 19.0. The maximum Gasteiger partial charge on any atom is 0.410 e. The molecule has 6 nitrogen and oxygen atoms in total. The van der Waals surface area contributed by atoms with E-state index in [1.807, 2.05) is 45.0 Å². The zero-order valence-electron chi connectivity index (χ0n) is 15.1. The maximum absolute atomic E-state index is 12.9. The van der Waals surface area contributed by atoms with Crippen LogP contribution in [0, 0.1) is 0 Å². The van der Waals surface area contributed by atoms with Gasteiger partial charge in [-0.05, 0) is 45.7 Å². The zero-order chi connectivity index (χ0) is 18.9. The van der Waals surface area contributed by atoms with Gasteiger partial charge in [-0.1, -0.05) is 23.7 Å². The Bertz CT molecular complexity index is 853. The van der Waals surface area contributed by atoms with Gasteiger partial charge >= 0.3 is 6.09 Å². The van der Waals surface area contributed by atoms with Crippen LogP contribution in [0.4, 0.5) is 4.79 Å². The summed E-state index contributed by atoms with van der Waals surface area (Å²) >= 11 is 6.20. The predicted octanol–water partition coefficient (Wildman–Crippen LogP) is 3.79. The third kappa shape index (κ3) is 4.32. The molecular weight excluding hydrogens is 374 g/mol. The smallest absolute Gasteiger partial charge is 0.410 e. The van der Waals surface area contributed by atoms with Gasteiger partial charge in [0.15, 0.2) is 10.2 Å². The lowest BCUT2D eigenvalue weighted by molar-refractivity contribution is 0.0241. The van der Waals surface area contributed by atoms with E-state index in [1.165, 1.54) is 0 Å². The van der Waals surface area contributed by atoms with Crippen LogP contribution in [0.25, 0.3) is 11.0 Å². The molecule has 140 valence electrons. The molecule has 1 aliphatic heterocycles. The fourth-order valence-corrected chi connectivity index (χ4v) is 4.61. The molecule has 2 unspecified atom stereocenters. The molecule has 0 N–H and O–H groups in total. The second-order valence-electron chi connectivity index (χ2n) is 7.29. The Balaban J connectivity index is 1.77. The first-order valence-corrected chi connectivity index (χ1v) is 10.2. The number of likely N-dealkylation sites (tertiary alicyclic amines) is 1. The number of aromatic nitrogens is 2. The third-order valence-corrected chi connectivity index (χ3v) is 5.84. The summed E-state index contributed by atoms with van der Waals surface area (Å²) in [6.07, 6.45) is 1.27. The molecule has 1 amide bonds. The van der Waals surface area contributed by atoms with Gasteiger partial charge in [0.05, 0.1) is 27.6 Å². The molecule has 0 spiro atoms. The van der Waals surface area contributed by atoms with Gasteiger partial charge in [0.1, 0.15) is 5.60 Å². The van der Waals surface area contributed by atoms with E-state index in [2.05, 4.69) is 9.97 Å². The minimum Gasteiger partial charge on any atom is -0.444 e. The van der Waals surface area contributed by atoms with Crippen LogP contribution in [0.1, 0.15) is 33.6 Å². The van der Waals surface area contributed by atoms with Crippen molar-refractivity contribution < 1.29 is 13.7 Å². The van der Waals surface area contributed by atoms with Gasteiger partial charge < -0.3 is 9.64 Å². The van der Waals surface area contributed by atoms with Crippen molar-refractivity contribution in [2.75, 3.05) is 12.3 Å². The SMILES string of the molecule is CC(C)(C)OC(=O)N1CCCC1CS(=O)c1nc2ccccc2nc1Cl. The van der Waals surface area contributed by atoms with Crippen LogP contribution < -0.4 is 0 Å². The first-order chi connectivity index (χ1) is 12.2. The number of carbonyl (C=O) groups is 1. The van der Waals surface area contributed by atoms with E-state index in [4.69, 9.17) is 16.3 Å². The lowest BCUT2D eigenvalue weighted by Crippen LogP contribution is -2.42. The molecule has 3 rings (SSSR count). The molecule has 1 saturated heterocycles. The van der Waals surface area contributed by atoms with Gasteiger partial charge in [-0.25, -0.2) is 14.8 Å². The van der Waals surface area contributed by atoms with Crippen molar-refractivity contribution >= 4 is 39.5 Å². The molecule has 0 bridgehead atoms. The van der Waals surface area contributed by atoms with Crippen molar-refractivity contribution in [2.45, 2.75) is 50.3 Å². The second kappa shape index (κ2) is 7.48. The van der Waals surface area contributed by atoms with Gasteiger partial charge in [0, 0.05) is 12.6 Å². The zero-order valence-corrected chi connectivity index (χ0v) is 16.6. The summed E-state index contributed by atoms with van der Waals surface area (Å²) in [5, 5.41) is 0.408. The Labute approximate surface area is 160 Å². The van der Waals surface area contributed by atoms with Gasteiger partial charge in [-0.3, -0.25) is 4.21 Å². The molecule has 2 heterocycles. The van der Waals surface area contributed by atoms with Crippen LogP contribution >= 0.6 is 11.6 Å².